The fraction of sp³-hybridized carbons (Fsp3) is 0.318. The molecule has 1 amide bonds. The Kier molecular flexibility index (Phi) is 7.77. The normalized spacial score (nSPS) is 11.7. The summed E-state index contributed by atoms with van der Waals surface area (Å²) in [5.74, 6) is 0.991. The van der Waals surface area contributed by atoms with Crippen molar-refractivity contribution in [3.8, 4) is 22.9 Å². The van der Waals surface area contributed by atoms with E-state index < -0.39 is 5.82 Å². The first-order valence-corrected chi connectivity index (χ1v) is 10.4. The first-order valence-electron chi connectivity index (χ1n) is 10.0. The van der Waals surface area contributed by atoms with Gasteiger partial charge in [0.15, 0.2) is 22.2 Å². The third kappa shape index (κ3) is 6.14. The molecule has 0 bridgehead atoms. The van der Waals surface area contributed by atoms with Gasteiger partial charge in [-0.25, -0.2) is 4.39 Å². The lowest BCUT2D eigenvalue weighted by Crippen LogP contribution is -2.37. The van der Waals surface area contributed by atoms with Gasteiger partial charge in [0.25, 0.3) is 0 Å². The average Bonchev–Trinajstić information content (AvgIpc) is 3.13. The zero-order valence-corrected chi connectivity index (χ0v) is 18.2. The summed E-state index contributed by atoms with van der Waals surface area (Å²) in [6.45, 7) is 4.85. The number of amides is 1. The molecule has 3 rings (SSSR count). The average molecular weight is 445 g/mol. The number of aromatic amines is 1. The second-order valence-corrected chi connectivity index (χ2v) is 7.31. The number of carbonyl (C=O) groups excluding carboxylic acids is 1. The van der Waals surface area contributed by atoms with Crippen molar-refractivity contribution in [2.24, 2.45) is 0 Å². The van der Waals surface area contributed by atoms with Crippen molar-refractivity contribution in [2.45, 2.75) is 32.9 Å². The molecule has 31 heavy (non-hydrogen) atoms. The molecule has 3 aromatic rings. The van der Waals surface area contributed by atoms with Crippen LogP contribution in [0.5, 0.6) is 11.5 Å². The van der Waals surface area contributed by atoms with Crippen LogP contribution in [0.15, 0.2) is 48.5 Å². The van der Waals surface area contributed by atoms with Gasteiger partial charge >= 0.3 is 0 Å². The molecule has 2 N–H and O–H groups in total. The van der Waals surface area contributed by atoms with E-state index in [1.165, 1.54) is 6.07 Å². The van der Waals surface area contributed by atoms with Gasteiger partial charge in [-0.15, -0.1) is 0 Å². The van der Waals surface area contributed by atoms with Gasteiger partial charge in [0, 0.05) is 18.5 Å². The molecule has 0 aliphatic rings. The number of para-hydroxylation sites is 1. The van der Waals surface area contributed by atoms with Crippen LogP contribution in [0.2, 0.25) is 0 Å². The Bertz CT molecular complexity index is 1070. The molecular formula is C22H25FN4O3S. The maximum absolute atomic E-state index is 13.6. The summed E-state index contributed by atoms with van der Waals surface area (Å²) in [5, 5.41) is 9.92. The van der Waals surface area contributed by atoms with Gasteiger partial charge in [0.1, 0.15) is 12.4 Å². The Morgan fingerprint density at radius 3 is 2.68 bits per heavy atom. The van der Waals surface area contributed by atoms with E-state index in [0.29, 0.717) is 23.7 Å². The Labute approximate surface area is 185 Å². The number of benzene rings is 2. The number of ether oxygens (including phenoxy) is 2. The molecule has 9 heteroatoms. The summed E-state index contributed by atoms with van der Waals surface area (Å²) < 4.78 is 26.7. The standard InChI is InChI=1S/C22H25FN4O3S/c1-3-29-17-10-8-16(9-11-17)21-25-26-22(31)27(21)13-12-20(28)24-15(2)14-30-19-7-5-4-6-18(19)23/h4-11,15H,3,12-14H2,1-2H3,(H,24,28)(H,26,31). The highest BCUT2D eigenvalue weighted by Gasteiger charge is 2.13. The molecule has 0 aliphatic heterocycles. The molecule has 7 nitrogen and oxygen atoms in total. The van der Waals surface area contributed by atoms with Crippen molar-refractivity contribution in [3.05, 3.63) is 59.1 Å². The number of nitrogens with one attached hydrogen (secondary N) is 2. The Morgan fingerprint density at radius 1 is 1.23 bits per heavy atom. The highest BCUT2D eigenvalue weighted by molar-refractivity contribution is 7.71. The molecule has 1 heterocycles. The van der Waals surface area contributed by atoms with Crippen LogP contribution in [-0.2, 0) is 11.3 Å². The van der Waals surface area contributed by atoms with Gasteiger partial charge in [0.2, 0.25) is 5.91 Å². The first-order chi connectivity index (χ1) is 15.0. The van der Waals surface area contributed by atoms with Crippen molar-refractivity contribution >= 4 is 18.1 Å². The van der Waals surface area contributed by atoms with Crippen LogP contribution in [0.4, 0.5) is 4.39 Å². The zero-order valence-electron chi connectivity index (χ0n) is 17.4. The maximum atomic E-state index is 13.6. The van der Waals surface area contributed by atoms with Crippen LogP contribution >= 0.6 is 12.2 Å². The Hall–Kier alpha value is -3.20. The molecule has 2 aromatic carbocycles. The van der Waals surface area contributed by atoms with Gasteiger partial charge in [-0.3, -0.25) is 14.5 Å². The molecule has 1 atom stereocenters. The lowest BCUT2D eigenvalue weighted by atomic mass is 10.2. The highest BCUT2D eigenvalue weighted by atomic mass is 32.1. The van der Waals surface area contributed by atoms with Crippen LogP contribution in [0, 0.1) is 10.6 Å². The van der Waals surface area contributed by atoms with E-state index in [4.69, 9.17) is 21.7 Å². The third-order valence-electron chi connectivity index (χ3n) is 4.48. The summed E-state index contributed by atoms with van der Waals surface area (Å²) >= 11 is 5.32. The lowest BCUT2D eigenvalue weighted by Gasteiger charge is -2.15. The first kappa shape index (κ1) is 22.5. The topological polar surface area (TPSA) is 81.2 Å². The summed E-state index contributed by atoms with van der Waals surface area (Å²) in [6, 6.07) is 13.4. The molecule has 0 saturated heterocycles. The molecular weight excluding hydrogens is 419 g/mol. The molecule has 0 spiro atoms. The quantitative estimate of drug-likeness (QED) is 0.460. The van der Waals surface area contributed by atoms with Crippen LogP contribution in [0.1, 0.15) is 20.3 Å². The minimum atomic E-state index is -0.433. The minimum Gasteiger partial charge on any atom is -0.494 e. The molecule has 1 aromatic heterocycles. The fourth-order valence-electron chi connectivity index (χ4n) is 2.99. The largest absolute Gasteiger partial charge is 0.494 e. The van der Waals surface area contributed by atoms with E-state index in [1.807, 2.05) is 31.2 Å². The van der Waals surface area contributed by atoms with Crippen LogP contribution in [0.3, 0.4) is 0 Å². The van der Waals surface area contributed by atoms with E-state index in [9.17, 15) is 9.18 Å². The zero-order chi connectivity index (χ0) is 22.2. The van der Waals surface area contributed by atoms with Crippen molar-refractivity contribution in [3.63, 3.8) is 0 Å². The number of H-pyrrole nitrogens is 1. The summed E-state index contributed by atoms with van der Waals surface area (Å²) in [6.07, 6.45) is 0.210. The number of aromatic nitrogens is 3. The third-order valence-corrected chi connectivity index (χ3v) is 4.79. The minimum absolute atomic E-state index is 0.160. The predicted octanol–water partition coefficient (Wildman–Crippen LogP) is 4.12. The maximum Gasteiger partial charge on any atom is 0.222 e. The SMILES string of the molecule is CCOc1ccc(-c2n[nH]c(=S)n2CCC(=O)NC(C)COc2ccccc2F)cc1. The number of rotatable bonds is 10. The summed E-state index contributed by atoms with van der Waals surface area (Å²) in [4.78, 5) is 12.4. The van der Waals surface area contributed by atoms with Gasteiger partial charge in [-0.05, 0) is 62.5 Å². The van der Waals surface area contributed by atoms with Gasteiger partial charge in [-0.1, -0.05) is 12.1 Å². The van der Waals surface area contributed by atoms with Crippen LogP contribution in [-0.4, -0.2) is 39.9 Å². The van der Waals surface area contributed by atoms with Crippen molar-refractivity contribution in [1.82, 2.24) is 20.1 Å². The second-order valence-electron chi connectivity index (χ2n) is 6.92. The number of hydrogen-bond donors (Lipinski definition) is 2. The predicted molar refractivity (Wildman–Crippen MR) is 118 cm³/mol. The van der Waals surface area contributed by atoms with E-state index >= 15 is 0 Å². The molecule has 0 radical (unpaired) electrons. The molecule has 0 saturated carbocycles. The second kappa shape index (κ2) is 10.7. The fourth-order valence-corrected chi connectivity index (χ4v) is 3.21. The number of hydrogen-bond acceptors (Lipinski definition) is 5. The van der Waals surface area contributed by atoms with Crippen LogP contribution < -0.4 is 14.8 Å². The van der Waals surface area contributed by atoms with Crippen LogP contribution in [0.25, 0.3) is 11.4 Å². The van der Waals surface area contributed by atoms with Crippen molar-refractivity contribution in [1.29, 1.82) is 0 Å². The van der Waals surface area contributed by atoms with Crippen molar-refractivity contribution in [2.75, 3.05) is 13.2 Å². The van der Waals surface area contributed by atoms with Gasteiger partial charge < -0.3 is 14.8 Å². The monoisotopic (exact) mass is 444 g/mol. The number of nitrogens with zero attached hydrogens (tertiary/aromatic N) is 2. The smallest absolute Gasteiger partial charge is 0.222 e. The highest BCUT2D eigenvalue weighted by Crippen LogP contribution is 2.21. The number of halogens is 1. The van der Waals surface area contributed by atoms with E-state index in [1.54, 1.807) is 29.7 Å². The van der Waals surface area contributed by atoms with Crippen molar-refractivity contribution < 1.29 is 18.7 Å². The number of carbonyl (C=O) groups is 1. The van der Waals surface area contributed by atoms with Gasteiger partial charge in [-0.2, -0.15) is 5.10 Å². The van der Waals surface area contributed by atoms with Gasteiger partial charge in [0.05, 0.1) is 12.6 Å². The Balaban J connectivity index is 1.55. The van der Waals surface area contributed by atoms with E-state index in [-0.39, 0.29) is 30.7 Å². The Morgan fingerprint density at radius 2 is 1.97 bits per heavy atom. The van der Waals surface area contributed by atoms with E-state index in [0.717, 1.165) is 11.3 Å². The summed E-state index contributed by atoms with van der Waals surface area (Å²) in [7, 11) is 0. The van der Waals surface area contributed by atoms with E-state index in [2.05, 4.69) is 15.5 Å². The summed E-state index contributed by atoms with van der Waals surface area (Å²) in [5.41, 5.74) is 0.864. The molecule has 1 unspecified atom stereocenters. The molecule has 0 aliphatic carbocycles. The lowest BCUT2D eigenvalue weighted by molar-refractivity contribution is -0.122. The molecule has 0 fully saturated rings. The molecule has 164 valence electrons.